The zero-order valence-corrected chi connectivity index (χ0v) is 9.78. The third kappa shape index (κ3) is 4.18. The lowest BCUT2D eigenvalue weighted by Gasteiger charge is -2.37. The summed E-state index contributed by atoms with van der Waals surface area (Å²) in [5.74, 6) is -0.686. The van der Waals surface area contributed by atoms with Gasteiger partial charge in [0.2, 0.25) is 0 Å². The molecule has 1 rings (SSSR count). The molecule has 1 heterocycles. The number of rotatable bonds is 5. The van der Waals surface area contributed by atoms with Crippen LogP contribution in [0.3, 0.4) is 0 Å². The van der Waals surface area contributed by atoms with Crippen LogP contribution >= 0.6 is 0 Å². The molecule has 1 aliphatic heterocycles. The molecule has 0 aromatic rings. The Bertz CT molecular complexity index is 201. The highest BCUT2D eigenvalue weighted by molar-refractivity contribution is 5.66. The first-order valence-electron chi connectivity index (χ1n) is 5.81. The Hall–Kier alpha value is -0.610. The van der Waals surface area contributed by atoms with Gasteiger partial charge in [0.05, 0.1) is 0 Å². The third-order valence-corrected chi connectivity index (χ3v) is 3.25. The van der Waals surface area contributed by atoms with Crippen LogP contribution < -0.4 is 0 Å². The van der Waals surface area contributed by atoms with Crippen LogP contribution in [0.15, 0.2) is 0 Å². The smallest absolute Gasteiger partial charge is 0.303 e. The monoisotopic (exact) mass is 214 g/mol. The fraction of sp³-hybridized carbons (Fsp3) is 0.909. The summed E-state index contributed by atoms with van der Waals surface area (Å²) >= 11 is 0. The van der Waals surface area contributed by atoms with Gasteiger partial charge in [-0.05, 0) is 19.9 Å². The van der Waals surface area contributed by atoms with Gasteiger partial charge in [-0.25, -0.2) is 0 Å². The molecule has 1 N–H and O–H groups in total. The molecular formula is C11H22N2O2. The number of carboxylic acid groups (broad SMARTS) is 1. The van der Waals surface area contributed by atoms with Crippen molar-refractivity contribution in [3.63, 3.8) is 0 Å². The molecule has 0 bridgehead atoms. The van der Waals surface area contributed by atoms with Crippen LogP contribution in [0, 0.1) is 0 Å². The minimum Gasteiger partial charge on any atom is -0.481 e. The zero-order chi connectivity index (χ0) is 11.3. The second-order valence-corrected chi connectivity index (χ2v) is 4.25. The number of aliphatic carboxylic acids is 1. The van der Waals surface area contributed by atoms with Gasteiger partial charge in [-0.1, -0.05) is 6.92 Å². The first kappa shape index (κ1) is 12.5. The lowest BCUT2D eigenvalue weighted by atomic mass is 10.1. The zero-order valence-electron chi connectivity index (χ0n) is 9.78. The van der Waals surface area contributed by atoms with Crippen LogP contribution in [0.4, 0.5) is 0 Å². The van der Waals surface area contributed by atoms with Crippen molar-refractivity contribution in [3.8, 4) is 0 Å². The van der Waals surface area contributed by atoms with Gasteiger partial charge in [-0.2, -0.15) is 0 Å². The Labute approximate surface area is 91.9 Å². The molecule has 1 atom stereocenters. The number of likely N-dealkylation sites (N-methyl/N-ethyl adjacent to an activating group) is 1. The lowest BCUT2D eigenvalue weighted by molar-refractivity contribution is -0.137. The van der Waals surface area contributed by atoms with Gasteiger partial charge in [0.1, 0.15) is 0 Å². The lowest BCUT2D eigenvalue weighted by Crippen LogP contribution is -2.49. The van der Waals surface area contributed by atoms with Gasteiger partial charge in [0.15, 0.2) is 0 Å². The van der Waals surface area contributed by atoms with E-state index in [4.69, 9.17) is 5.11 Å². The van der Waals surface area contributed by atoms with E-state index in [0.717, 1.165) is 39.1 Å². The highest BCUT2D eigenvalue weighted by atomic mass is 16.4. The van der Waals surface area contributed by atoms with Gasteiger partial charge >= 0.3 is 5.97 Å². The molecule has 0 aromatic heterocycles. The van der Waals surface area contributed by atoms with Gasteiger partial charge in [-0.15, -0.1) is 0 Å². The maximum absolute atomic E-state index is 10.5. The van der Waals surface area contributed by atoms with Gasteiger partial charge in [-0.3, -0.25) is 9.69 Å². The molecule has 1 fully saturated rings. The van der Waals surface area contributed by atoms with E-state index < -0.39 is 5.97 Å². The van der Waals surface area contributed by atoms with Crippen molar-refractivity contribution in [2.24, 2.45) is 0 Å². The van der Waals surface area contributed by atoms with E-state index >= 15 is 0 Å². The SMILES string of the molecule is CCN1CCN(C(C)CCC(=O)O)CC1. The molecule has 0 aromatic carbocycles. The number of carboxylic acids is 1. The van der Waals surface area contributed by atoms with Crippen molar-refractivity contribution in [3.05, 3.63) is 0 Å². The van der Waals surface area contributed by atoms with Crippen molar-refractivity contribution < 1.29 is 9.90 Å². The Balaban J connectivity index is 2.23. The van der Waals surface area contributed by atoms with Crippen LogP contribution in [0.2, 0.25) is 0 Å². The molecule has 0 saturated carbocycles. The van der Waals surface area contributed by atoms with E-state index in [9.17, 15) is 4.79 Å². The van der Waals surface area contributed by atoms with E-state index in [1.165, 1.54) is 0 Å². The summed E-state index contributed by atoms with van der Waals surface area (Å²) in [5, 5.41) is 8.61. The van der Waals surface area contributed by atoms with Crippen molar-refractivity contribution in [1.82, 2.24) is 9.80 Å². The Kier molecular flexibility index (Phi) is 5.05. The van der Waals surface area contributed by atoms with Crippen molar-refractivity contribution in [1.29, 1.82) is 0 Å². The number of carbonyl (C=O) groups is 1. The van der Waals surface area contributed by atoms with Gasteiger partial charge < -0.3 is 10.0 Å². The summed E-state index contributed by atoms with van der Waals surface area (Å²) in [4.78, 5) is 15.3. The first-order valence-corrected chi connectivity index (χ1v) is 5.81. The molecule has 88 valence electrons. The highest BCUT2D eigenvalue weighted by Gasteiger charge is 2.20. The van der Waals surface area contributed by atoms with Crippen LogP contribution in [-0.2, 0) is 4.79 Å². The van der Waals surface area contributed by atoms with Crippen molar-refractivity contribution >= 4 is 5.97 Å². The van der Waals surface area contributed by atoms with E-state index in [-0.39, 0.29) is 6.42 Å². The number of piperazine rings is 1. The predicted octanol–water partition coefficient (Wildman–Crippen LogP) is 0.877. The summed E-state index contributed by atoms with van der Waals surface area (Å²) in [6, 6.07) is 0.403. The highest BCUT2D eigenvalue weighted by Crippen LogP contribution is 2.10. The summed E-state index contributed by atoms with van der Waals surface area (Å²) in [5.41, 5.74) is 0. The molecule has 15 heavy (non-hydrogen) atoms. The van der Waals surface area contributed by atoms with E-state index in [0.29, 0.717) is 6.04 Å². The summed E-state index contributed by atoms with van der Waals surface area (Å²) in [6.45, 7) is 9.83. The van der Waals surface area contributed by atoms with Gasteiger partial charge in [0.25, 0.3) is 0 Å². The summed E-state index contributed by atoms with van der Waals surface area (Å²) in [6.07, 6.45) is 1.05. The Morgan fingerprint density at radius 3 is 2.40 bits per heavy atom. The number of hydrogen-bond donors (Lipinski definition) is 1. The average molecular weight is 214 g/mol. The Morgan fingerprint density at radius 2 is 1.93 bits per heavy atom. The summed E-state index contributed by atoms with van der Waals surface area (Å²) in [7, 11) is 0. The first-order chi connectivity index (χ1) is 7.13. The van der Waals surface area contributed by atoms with Crippen LogP contribution in [-0.4, -0.2) is 59.6 Å². The third-order valence-electron chi connectivity index (χ3n) is 3.25. The molecule has 0 amide bonds. The van der Waals surface area contributed by atoms with E-state index in [1.54, 1.807) is 0 Å². The molecule has 4 heteroatoms. The summed E-state index contributed by atoms with van der Waals surface area (Å²) < 4.78 is 0. The maximum Gasteiger partial charge on any atom is 0.303 e. The largest absolute Gasteiger partial charge is 0.481 e. The van der Waals surface area contributed by atoms with E-state index in [1.807, 2.05) is 0 Å². The van der Waals surface area contributed by atoms with Crippen LogP contribution in [0.5, 0.6) is 0 Å². The fourth-order valence-electron chi connectivity index (χ4n) is 2.04. The minimum atomic E-state index is -0.686. The van der Waals surface area contributed by atoms with E-state index in [2.05, 4.69) is 23.6 Å². The Morgan fingerprint density at radius 1 is 1.33 bits per heavy atom. The van der Waals surface area contributed by atoms with Crippen LogP contribution in [0.25, 0.3) is 0 Å². The number of hydrogen-bond acceptors (Lipinski definition) is 3. The topological polar surface area (TPSA) is 43.8 Å². The molecule has 1 unspecified atom stereocenters. The molecule has 0 radical (unpaired) electrons. The average Bonchev–Trinajstić information content (AvgIpc) is 2.26. The molecule has 0 aliphatic carbocycles. The molecule has 1 aliphatic rings. The normalized spacial score (nSPS) is 21.5. The predicted molar refractivity (Wildman–Crippen MR) is 60.0 cm³/mol. The number of nitrogens with zero attached hydrogens (tertiary/aromatic N) is 2. The molecule has 0 spiro atoms. The second-order valence-electron chi connectivity index (χ2n) is 4.25. The minimum absolute atomic E-state index is 0.287. The quantitative estimate of drug-likeness (QED) is 0.738. The van der Waals surface area contributed by atoms with Crippen molar-refractivity contribution in [2.45, 2.75) is 32.7 Å². The maximum atomic E-state index is 10.5. The molecule has 1 saturated heterocycles. The molecular weight excluding hydrogens is 192 g/mol. The standard InChI is InChI=1S/C11H22N2O2/c1-3-12-6-8-13(9-7-12)10(2)4-5-11(14)15/h10H,3-9H2,1-2H3,(H,14,15). The van der Waals surface area contributed by atoms with Gasteiger partial charge in [0, 0.05) is 38.6 Å². The fourth-order valence-corrected chi connectivity index (χ4v) is 2.04. The molecule has 4 nitrogen and oxygen atoms in total. The van der Waals surface area contributed by atoms with Crippen molar-refractivity contribution in [2.75, 3.05) is 32.7 Å². The second kappa shape index (κ2) is 6.08. The van der Waals surface area contributed by atoms with Crippen LogP contribution in [0.1, 0.15) is 26.7 Å².